The molecule has 0 fully saturated rings. The lowest BCUT2D eigenvalue weighted by Gasteiger charge is -2.24. The molecule has 0 saturated carbocycles. The summed E-state index contributed by atoms with van der Waals surface area (Å²) in [5.74, 6) is 0. The third-order valence-corrected chi connectivity index (χ3v) is 6.29. The van der Waals surface area contributed by atoms with Crippen LogP contribution in [0.25, 0.3) is 0 Å². The lowest BCUT2D eigenvalue weighted by atomic mass is 10.2. The average Bonchev–Trinajstić information content (AvgIpc) is 3.10. The van der Waals surface area contributed by atoms with Crippen molar-refractivity contribution in [3.63, 3.8) is 0 Å². The van der Waals surface area contributed by atoms with E-state index in [0.717, 1.165) is 5.33 Å². The van der Waals surface area contributed by atoms with Crippen molar-refractivity contribution in [3.8, 4) is 0 Å². The van der Waals surface area contributed by atoms with E-state index in [2.05, 4.69) is 15.9 Å². The molecule has 0 unspecified atom stereocenters. The van der Waals surface area contributed by atoms with Crippen LogP contribution >= 0.6 is 15.9 Å². The zero-order chi connectivity index (χ0) is 37.4. The molecule has 16 nitrogen and oxygen atoms in total. The van der Waals surface area contributed by atoms with Crippen LogP contribution in [0, 0.1) is 0 Å². The van der Waals surface area contributed by atoms with Crippen molar-refractivity contribution >= 4 is 22.0 Å². The van der Waals surface area contributed by atoms with Gasteiger partial charge < -0.3 is 71.2 Å². The van der Waals surface area contributed by atoms with Gasteiger partial charge in [0.1, 0.15) is 5.60 Å². The van der Waals surface area contributed by atoms with Gasteiger partial charge in [-0.3, -0.25) is 0 Å². The second-order valence-corrected chi connectivity index (χ2v) is 12.3. The first-order valence-electron chi connectivity index (χ1n) is 17.9. The second kappa shape index (κ2) is 40.4. The Kier molecular flexibility index (Phi) is 39.8. The highest BCUT2D eigenvalue weighted by Crippen LogP contribution is 2.08. The van der Waals surface area contributed by atoms with Crippen LogP contribution in [0.15, 0.2) is 0 Å². The van der Waals surface area contributed by atoms with Crippen molar-refractivity contribution in [2.75, 3.05) is 191 Å². The van der Waals surface area contributed by atoms with Gasteiger partial charge in [-0.05, 0) is 20.8 Å². The van der Waals surface area contributed by atoms with Gasteiger partial charge in [-0.2, -0.15) is 0 Å². The molecule has 0 aliphatic rings. The van der Waals surface area contributed by atoms with E-state index in [1.807, 2.05) is 20.8 Å². The molecule has 17 heteroatoms. The van der Waals surface area contributed by atoms with Gasteiger partial charge >= 0.3 is 6.09 Å². The summed E-state index contributed by atoms with van der Waals surface area (Å²) in [6, 6.07) is 0. The molecule has 0 N–H and O–H groups in total. The topological polar surface area (TPSA) is 150 Å². The minimum absolute atomic E-state index is 0.365. The number of carbonyl (C=O) groups excluding carboxylic acids is 1. The maximum Gasteiger partial charge on any atom is 0.410 e. The highest BCUT2D eigenvalue weighted by atomic mass is 79.9. The fourth-order valence-electron chi connectivity index (χ4n) is 3.43. The van der Waals surface area contributed by atoms with Gasteiger partial charge in [0, 0.05) is 18.9 Å². The largest absolute Gasteiger partial charge is 0.444 e. The Hall–Kier alpha value is -0.770. The molecule has 0 aliphatic carbocycles. The minimum Gasteiger partial charge on any atom is -0.444 e. The average molecular weight is 811 g/mol. The van der Waals surface area contributed by atoms with Gasteiger partial charge in [-0.25, -0.2) is 4.79 Å². The van der Waals surface area contributed by atoms with Crippen LogP contribution in [-0.4, -0.2) is 207 Å². The molecule has 0 rings (SSSR count). The lowest BCUT2D eigenvalue weighted by molar-refractivity contribution is -0.0290. The number of carbonyl (C=O) groups is 1. The van der Waals surface area contributed by atoms with E-state index in [1.54, 1.807) is 7.05 Å². The highest BCUT2D eigenvalue weighted by Gasteiger charge is 2.19. The monoisotopic (exact) mass is 809 g/mol. The molecule has 0 saturated heterocycles. The van der Waals surface area contributed by atoms with E-state index in [-0.39, 0.29) is 6.09 Å². The Morgan fingerprint density at radius 3 is 0.784 bits per heavy atom. The van der Waals surface area contributed by atoms with Crippen molar-refractivity contribution in [1.82, 2.24) is 4.90 Å². The Labute approximate surface area is 314 Å². The van der Waals surface area contributed by atoms with Crippen molar-refractivity contribution in [1.29, 1.82) is 0 Å². The van der Waals surface area contributed by atoms with Gasteiger partial charge in [0.25, 0.3) is 0 Å². The van der Waals surface area contributed by atoms with E-state index >= 15 is 0 Å². The number of amides is 1. The van der Waals surface area contributed by atoms with Crippen molar-refractivity contribution in [2.24, 2.45) is 0 Å². The van der Waals surface area contributed by atoms with Gasteiger partial charge in [0.2, 0.25) is 0 Å². The molecule has 0 heterocycles. The molecule has 0 aromatic rings. The quantitative estimate of drug-likeness (QED) is 0.0657. The maximum absolute atomic E-state index is 11.9. The van der Waals surface area contributed by atoms with E-state index < -0.39 is 5.60 Å². The minimum atomic E-state index is -0.512. The van der Waals surface area contributed by atoms with E-state index in [9.17, 15) is 4.79 Å². The van der Waals surface area contributed by atoms with E-state index in [1.165, 1.54) is 4.90 Å². The molecule has 0 aliphatic heterocycles. The van der Waals surface area contributed by atoms with Crippen molar-refractivity contribution in [3.05, 3.63) is 0 Å². The number of halogens is 1. The second-order valence-electron chi connectivity index (χ2n) is 11.6. The number of rotatable bonds is 41. The molecule has 0 bridgehead atoms. The maximum atomic E-state index is 11.9. The number of likely N-dealkylation sites (N-methyl/N-ethyl adjacent to an activating group) is 1. The molecule has 0 aromatic carbocycles. The summed E-state index contributed by atoms with van der Waals surface area (Å²) in [6.07, 6.45) is -0.365. The summed E-state index contributed by atoms with van der Waals surface area (Å²) in [5, 5.41) is 0.833. The van der Waals surface area contributed by atoms with E-state index in [4.69, 9.17) is 66.3 Å². The van der Waals surface area contributed by atoms with Crippen LogP contribution < -0.4 is 0 Å². The van der Waals surface area contributed by atoms with Crippen LogP contribution in [0.2, 0.25) is 0 Å². The zero-order valence-electron chi connectivity index (χ0n) is 31.7. The Morgan fingerprint density at radius 1 is 0.392 bits per heavy atom. The smallest absolute Gasteiger partial charge is 0.410 e. The summed E-state index contributed by atoms with van der Waals surface area (Å²) in [7, 11) is 1.68. The molecule has 0 radical (unpaired) electrons. The number of nitrogens with zero attached hydrogens (tertiary/aromatic N) is 1. The fourth-order valence-corrected chi connectivity index (χ4v) is 3.66. The Morgan fingerprint density at radius 2 is 0.588 bits per heavy atom. The highest BCUT2D eigenvalue weighted by molar-refractivity contribution is 9.09. The van der Waals surface area contributed by atoms with Gasteiger partial charge in [-0.15, -0.1) is 0 Å². The molecule has 0 aromatic heterocycles. The number of hydrogen-bond donors (Lipinski definition) is 0. The third-order valence-electron chi connectivity index (χ3n) is 5.96. The fraction of sp³-hybridized carbons (Fsp3) is 0.971. The Balaban J connectivity index is 3.13. The standard InChI is InChI=1S/C34H68BrNO15/c1-34(2,3)51-33(37)36(4)6-8-39-10-12-41-14-16-43-18-20-45-22-24-47-26-28-49-30-32-50-31-29-48-27-25-46-23-21-44-19-17-42-15-13-40-11-9-38-7-5-35/h5-32H2,1-4H3. The Bertz CT molecular complexity index is 709. The molecular formula is C34H68BrNO15. The van der Waals surface area contributed by atoms with Gasteiger partial charge in [0.15, 0.2) is 0 Å². The number of alkyl halides is 1. The molecular weight excluding hydrogens is 742 g/mol. The third kappa shape index (κ3) is 43.5. The van der Waals surface area contributed by atoms with Crippen LogP contribution in [0.5, 0.6) is 0 Å². The zero-order valence-corrected chi connectivity index (χ0v) is 33.3. The summed E-state index contributed by atoms with van der Waals surface area (Å²) in [6.45, 7) is 19.2. The van der Waals surface area contributed by atoms with E-state index in [0.29, 0.717) is 178 Å². The van der Waals surface area contributed by atoms with Crippen LogP contribution in [0.3, 0.4) is 0 Å². The SMILES string of the molecule is CN(CCOCCOCCOCCOCCOCCOCCOCCOCCOCCOCCOCCOCCOCCBr)C(=O)OC(C)(C)C. The number of ether oxygens (including phenoxy) is 14. The van der Waals surface area contributed by atoms with Gasteiger partial charge in [-0.1, -0.05) is 15.9 Å². The summed E-state index contributed by atoms with van der Waals surface area (Å²) < 4.78 is 76.2. The molecule has 51 heavy (non-hydrogen) atoms. The first-order chi connectivity index (χ1) is 24.9. The predicted molar refractivity (Wildman–Crippen MR) is 193 cm³/mol. The van der Waals surface area contributed by atoms with Crippen LogP contribution in [0.4, 0.5) is 4.79 Å². The summed E-state index contributed by atoms with van der Waals surface area (Å²) in [4.78, 5) is 13.4. The summed E-state index contributed by atoms with van der Waals surface area (Å²) in [5.41, 5.74) is -0.512. The van der Waals surface area contributed by atoms with Gasteiger partial charge in [0.05, 0.1) is 172 Å². The molecule has 0 spiro atoms. The van der Waals surface area contributed by atoms with Crippen molar-refractivity contribution < 1.29 is 71.1 Å². The van der Waals surface area contributed by atoms with Crippen LogP contribution in [0.1, 0.15) is 20.8 Å². The first-order valence-corrected chi connectivity index (χ1v) is 19.0. The predicted octanol–water partition coefficient (Wildman–Crippen LogP) is 2.46. The lowest BCUT2D eigenvalue weighted by Crippen LogP contribution is -2.36. The van der Waals surface area contributed by atoms with Crippen LogP contribution in [-0.2, 0) is 66.3 Å². The normalized spacial score (nSPS) is 11.8. The molecule has 0 atom stereocenters. The molecule has 306 valence electrons. The first kappa shape index (κ1) is 50.2. The molecule has 1 amide bonds. The summed E-state index contributed by atoms with van der Waals surface area (Å²) >= 11 is 3.30. The van der Waals surface area contributed by atoms with Crippen molar-refractivity contribution in [2.45, 2.75) is 26.4 Å². The number of hydrogen-bond acceptors (Lipinski definition) is 15.